The van der Waals surface area contributed by atoms with Gasteiger partial charge in [-0.3, -0.25) is 14.6 Å². The fourth-order valence-corrected chi connectivity index (χ4v) is 5.29. The number of halogens is 2. The molecule has 2 aromatic carbocycles. The van der Waals surface area contributed by atoms with Crippen molar-refractivity contribution >= 4 is 17.5 Å². The van der Waals surface area contributed by atoms with Gasteiger partial charge in [-0.2, -0.15) is 0 Å². The van der Waals surface area contributed by atoms with Gasteiger partial charge < -0.3 is 19.4 Å². The van der Waals surface area contributed by atoms with E-state index >= 15 is 0 Å². The van der Waals surface area contributed by atoms with Crippen LogP contribution >= 0.6 is 0 Å². The first-order valence-electron chi connectivity index (χ1n) is 14.7. The highest BCUT2D eigenvalue weighted by atomic mass is 19.1. The van der Waals surface area contributed by atoms with Gasteiger partial charge in [0.05, 0.1) is 12.2 Å². The molecule has 4 rings (SSSR count). The summed E-state index contributed by atoms with van der Waals surface area (Å²) in [6.45, 7) is 8.19. The number of hydrogen-bond donors (Lipinski definition) is 0. The van der Waals surface area contributed by atoms with Crippen LogP contribution in [0.4, 0.5) is 14.5 Å². The molecule has 9 heteroatoms. The van der Waals surface area contributed by atoms with E-state index in [4.69, 9.17) is 4.74 Å². The van der Waals surface area contributed by atoms with E-state index in [1.807, 2.05) is 0 Å². The van der Waals surface area contributed by atoms with Crippen molar-refractivity contribution in [3.05, 3.63) is 89.8 Å². The van der Waals surface area contributed by atoms with Crippen molar-refractivity contribution in [2.45, 2.75) is 46.1 Å². The Bertz CT molecular complexity index is 1320. The molecule has 1 aliphatic rings. The standard InChI is InChI=1S/C33H40F2N4O3/c1-25(2)23-37-16-7-18-38(32(40)12-6-20-42-31-11-4-3-10-29(31)35)24-27-21-28(34)13-14-30(27)39(19-8-17-37)33(41)26-9-5-15-36-22-26/h3-5,9-11,13-15,21-22,25H,6-8,12,16-20,23-24H2,1-2H3. The van der Waals surface area contributed by atoms with Gasteiger partial charge in [-0.15, -0.1) is 0 Å². The van der Waals surface area contributed by atoms with Crippen LogP contribution < -0.4 is 9.64 Å². The molecule has 42 heavy (non-hydrogen) atoms. The summed E-state index contributed by atoms with van der Waals surface area (Å²) in [6.07, 6.45) is 5.28. The van der Waals surface area contributed by atoms with Gasteiger partial charge in [-0.25, -0.2) is 8.78 Å². The number of hydrogen-bond acceptors (Lipinski definition) is 5. The Hall–Kier alpha value is -3.85. The zero-order chi connectivity index (χ0) is 29.9. The Morgan fingerprint density at radius 1 is 0.976 bits per heavy atom. The molecule has 0 atom stereocenters. The lowest BCUT2D eigenvalue weighted by atomic mass is 10.1. The third-order valence-electron chi connectivity index (χ3n) is 7.21. The van der Waals surface area contributed by atoms with E-state index in [1.165, 1.54) is 24.4 Å². The molecule has 2 heterocycles. The molecule has 0 unspecified atom stereocenters. The normalized spacial score (nSPS) is 15.1. The molecule has 224 valence electrons. The molecule has 0 fully saturated rings. The Labute approximate surface area is 247 Å². The molecular formula is C33H40F2N4O3. The Balaban J connectivity index is 1.57. The highest BCUT2D eigenvalue weighted by Gasteiger charge is 2.24. The van der Waals surface area contributed by atoms with Crippen LogP contribution in [0.15, 0.2) is 67.0 Å². The van der Waals surface area contributed by atoms with Gasteiger partial charge in [0.25, 0.3) is 5.91 Å². The van der Waals surface area contributed by atoms with Gasteiger partial charge in [-0.1, -0.05) is 26.0 Å². The summed E-state index contributed by atoms with van der Waals surface area (Å²) in [5.74, 6) is -0.553. The predicted octanol–water partition coefficient (Wildman–Crippen LogP) is 5.95. The van der Waals surface area contributed by atoms with E-state index in [0.717, 1.165) is 32.5 Å². The number of ether oxygens (including phenoxy) is 1. The van der Waals surface area contributed by atoms with Gasteiger partial charge in [0.2, 0.25) is 5.91 Å². The molecule has 0 saturated carbocycles. The van der Waals surface area contributed by atoms with Crippen molar-refractivity contribution < 1.29 is 23.1 Å². The average molecular weight is 579 g/mol. The first-order chi connectivity index (χ1) is 20.3. The third-order valence-corrected chi connectivity index (χ3v) is 7.21. The number of benzene rings is 2. The van der Waals surface area contributed by atoms with E-state index in [-0.39, 0.29) is 37.1 Å². The number of amides is 2. The second-order valence-electron chi connectivity index (χ2n) is 11.1. The molecule has 0 spiro atoms. The quantitative estimate of drug-likeness (QED) is 0.309. The Morgan fingerprint density at radius 2 is 1.76 bits per heavy atom. The largest absolute Gasteiger partial charge is 0.491 e. The van der Waals surface area contributed by atoms with Crippen LogP contribution in [0.2, 0.25) is 0 Å². The number of carbonyl (C=O) groups excluding carboxylic acids is 2. The average Bonchev–Trinajstić information content (AvgIpc) is 2.97. The summed E-state index contributed by atoms with van der Waals surface area (Å²) in [5.41, 5.74) is 1.60. The minimum atomic E-state index is -0.443. The lowest BCUT2D eigenvalue weighted by Gasteiger charge is -2.32. The lowest BCUT2D eigenvalue weighted by Crippen LogP contribution is -2.39. The maximum absolute atomic E-state index is 14.6. The van der Waals surface area contributed by atoms with Crippen molar-refractivity contribution in [1.29, 1.82) is 0 Å². The number of para-hydroxylation sites is 1. The van der Waals surface area contributed by atoms with E-state index in [9.17, 15) is 18.4 Å². The van der Waals surface area contributed by atoms with E-state index in [0.29, 0.717) is 42.2 Å². The first kappa shape index (κ1) is 31.1. The Morgan fingerprint density at radius 3 is 2.50 bits per heavy atom. The van der Waals surface area contributed by atoms with Crippen molar-refractivity contribution in [3.63, 3.8) is 0 Å². The summed E-state index contributed by atoms with van der Waals surface area (Å²) in [4.78, 5) is 37.1. The predicted molar refractivity (Wildman–Crippen MR) is 159 cm³/mol. The van der Waals surface area contributed by atoms with Gasteiger partial charge in [0, 0.05) is 50.7 Å². The van der Waals surface area contributed by atoms with Crippen LogP contribution in [0.5, 0.6) is 5.75 Å². The minimum absolute atomic E-state index is 0.0973. The van der Waals surface area contributed by atoms with Crippen LogP contribution in [0.1, 0.15) is 55.5 Å². The fourth-order valence-electron chi connectivity index (χ4n) is 5.29. The molecule has 1 aliphatic heterocycles. The van der Waals surface area contributed by atoms with E-state index in [1.54, 1.807) is 52.4 Å². The minimum Gasteiger partial charge on any atom is -0.491 e. The van der Waals surface area contributed by atoms with Crippen LogP contribution in [0.25, 0.3) is 0 Å². The molecule has 3 aromatic rings. The third kappa shape index (κ3) is 8.82. The molecule has 2 amide bonds. The zero-order valence-electron chi connectivity index (χ0n) is 24.5. The van der Waals surface area contributed by atoms with E-state index < -0.39 is 11.6 Å². The molecule has 7 nitrogen and oxygen atoms in total. The number of fused-ring (bicyclic) bond motifs is 1. The van der Waals surface area contributed by atoms with Crippen molar-refractivity contribution in [2.75, 3.05) is 44.2 Å². The molecule has 0 radical (unpaired) electrons. The summed E-state index contributed by atoms with van der Waals surface area (Å²) >= 11 is 0. The van der Waals surface area contributed by atoms with Crippen LogP contribution in [0.3, 0.4) is 0 Å². The summed E-state index contributed by atoms with van der Waals surface area (Å²) in [6, 6.07) is 14.0. The van der Waals surface area contributed by atoms with Crippen LogP contribution in [0, 0.1) is 17.6 Å². The highest BCUT2D eigenvalue weighted by molar-refractivity contribution is 6.06. The summed E-state index contributed by atoms with van der Waals surface area (Å²) in [7, 11) is 0. The summed E-state index contributed by atoms with van der Waals surface area (Å²) < 4.78 is 34.0. The topological polar surface area (TPSA) is 66.0 Å². The maximum Gasteiger partial charge on any atom is 0.259 e. The van der Waals surface area contributed by atoms with Crippen LogP contribution in [-0.2, 0) is 11.3 Å². The molecular weight excluding hydrogens is 538 g/mol. The monoisotopic (exact) mass is 578 g/mol. The molecule has 0 N–H and O–H groups in total. The number of pyridine rings is 1. The first-order valence-corrected chi connectivity index (χ1v) is 14.7. The number of rotatable bonds is 8. The van der Waals surface area contributed by atoms with Crippen molar-refractivity contribution in [3.8, 4) is 5.75 Å². The number of nitrogens with zero attached hydrogens (tertiary/aromatic N) is 4. The van der Waals surface area contributed by atoms with Crippen molar-refractivity contribution in [1.82, 2.24) is 14.8 Å². The zero-order valence-corrected chi connectivity index (χ0v) is 24.5. The second kappa shape index (κ2) is 15.4. The van der Waals surface area contributed by atoms with Gasteiger partial charge in [0.15, 0.2) is 11.6 Å². The van der Waals surface area contributed by atoms with Gasteiger partial charge >= 0.3 is 0 Å². The van der Waals surface area contributed by atoms with Gasteiger partial charge in [0.1, 0.15) is 5.82 Å². The molecule has 0 aliphatic carbocycles. The maximum atomic E-state index is 14.6. The Kier molecular flexibility index (Phi) is 11.4. The second-order valence-corrected chi connectivity index (χ2v) is 11.1. The molecule has 0 saturated heterocycles. The smallest absolute Gasteiger partial charge is 0.259 e. The van der Waals surface area contributed by atoms with E-state index in [2.05, 4.69) is 23.7 Å². The highest BCUT2D eigenvalue weighted by Crippen LogP contribution is 2.27. The molecule has 0 bridgehead atoms. The lowest BCUT2D eigenvalue weighted by molar-refractivity contribution is -0.132. The van der Waals surface area contributed by atoms with Gasteiger partial charge in [-0.05, 0) is 86.3 Å². The van der Waals surface area contributed by atoms with Crippen LogP contribution in [-0.4, -0.2) is 65.9 Å². The number of aromatic nitrogens is 1. The molecule has 1 aromatic heterocycles. The number of carbonyl (C=O) groups is 2. The number of anilines is 1. The van der Waals surface area contributed by atoms with Crippen molar-refractivity contribution in [2.24, 2.45) is 5.92 Å². The SMILES string of the molecule is CC(C)CN1CCCN(C(=O)CCCOc2ccccc2F)Cc2cc(F)ccc2N(C(=O)c2cccnc2)CCC1. The summed E-state index contributed by atoms with van der Waals surface area (Å²) in [5, 5.41) is 0. The fraction of sp³-hybridized carbons (Fsp3) is 0.424.